The number of likely N-dealkylation sites (tertiary alicyclic amines) is 1. The molecule has 1 rings (SSSR count). The molecule has 1 saturated heterocycles. The largest absolute Gasteiger partial charge is 0.402 e. The van der Waals surface area contributed by atoms with Crippen molar-refractivity contribution in [1.82, 2.24) is 9.21 Å². The number of hydrogen-bond donors (Lipinski definition) is 1. The van der Waals surface area contributed by atoms with E-state index in [0.717, 1.165) is 6.26 Å². The van der Waals surface area contributed by atoms with Crippen molar-refractivity contribution in [2.45, 2.75) is 25.1 Å². The molecule has 1 aliphatic heterocycles. The van der Waals surface area contributed by atoms with Crippen LogP contribution in [0.4, 0.5) is 13.2 Å². The smallest absolute Gasteiger partial charge is 0.329 e. The van der Waals surface area contributed by atoms with Crippen LogP contribution in [0.3, 0.4) is 0 Å². The summed E-state index contributed by atoms with van der Waals surface area (Å²) >= 11 is 0. The van der Waals surface area contributed by atoms with Crippen molar-refractivity contribution in [2.24, 2.45) is 5.73 Å². The Morgan fingerprint density at radius 2 is 1.80 bits per heavy atom. The third kappa shape index (κ3) is 6.57. The van der Waals surface area contributed by atoms with Crippen LogP contribution in [0.2, 0.25) is 0 Å². The van der Waals surface area contributed by atoms with Gasteiger partial charge in [0.15, 0.2) is 0 Å². The third-order valence-corrected chi connectivity index (χ3v) is 4.45. The van der Waals surface area contributed by atoms with Gasteiger partial charge in [-0.2, -0.15) is 17.5 Å². The normalized spacial score (nSPS) is 19.1. The minimum absolute atomic E-state index is 0. The molecule has 10 heteroatoms. The van der Waals surface area contributed by atoms with Crippen LogP contribution in [0.1, 0.15) is 12.8 Å². The van der Waals surface area contributed by atoms with Crippen molar-refractivity contribution in [1.29, 1.82) is 0 Å². The van der Waals surface area contributed by atoms with Crippen molar-refractivity contribution in [3.8, 4) is 0 Å². The summed E-state index contributed by atoms with van der Waals surface area (Å²) in [5.41, 5.74) is 5.41. The summed E-state index contributed by atoms with van der Waals surface area (Å²) in [6.07, 6.45) is -2.88. The molecule has 5 nitrogen and oxygen atoms in total. The summed E-state index contributed by atoms with van der Waals surface area (Å²) in [6.45, 7) is 0.915. The highest BCUT2D eigenvalue weighted by Gasteiger charge is 2.39. The molecule has 122 valence electrons. The Balaban J connectivity index is 0.00000361. The molecule has 1 fully saturated rings. The van der Waals surface area contributed by atoms with E-state index < -0.39 is 28.8 Å². The zero-order chi connectivity index (χ0) is 14.7. The van der Waals surface area contributed by atoms with E-state index in [1.54, 1.807) is 0 Å². The van der Waals surface area contributed by atoms with Gasteiger partial charge in [-0.3, -0.25) is 0 Å². The van der Waals surface area contributed by atoms with E-state index in [0.29, 0.717) is 43.3 Å². The fourth-order valence-corrected chi connectivity index (χ4v) is 3.44. The molecule has 1 heterocycles. The number of alkyl halides is 3. The van der Waals surface area contributed by atoms with Crippen LogP contribution in [0.15, 0.2) is 0 Å². The van der Waals surface area contributed by atoms with Gasteiger partial charge in [0.25, 0.3) is 0 Å². The van der Waals surface area contributed by atoms with Crippen LogP contribution >= 0.6 is 12.4 Å². The van der Waals surface area contributed by atoms with Gasteiger partial charge in [0.1, 0.15) is 6.54 Å². The predicted octanol–water partition coefficient (Wildman–Crippen LogP) is 0.655. The Hall–Kier alpha value is -0.0900. The molecule has 0 spiro atoms. The summed E-state index contributed by atoms with van der Waals surface area (Å²) in [5.74, 6) is 0. The van der Waals surface area contributed by atoms with E-state index in [4.69, 9.17) is 5.73 Å². The van der Waals surface area contributed by atoms with Crippen molar-refractivity contribution >= 4 is 22.4 Å². The summed E-state index contributed by atoms with van der Waals surface area (Å²) in [4.78, 5) is 2.03. The molecule has 20 heavy (non-hydrogen) atoms. The molecule has 0 atom stereocenters. The van der Waals surface area contributed by atoms with Crippen molar-refractivity contribution in [3.05, 3.63) is 0 Å². The van der Waals surface area contributed by atoms with E-state index >= 15 is 0 Å². The van der Waals surface area contributed by atoms with Crippen molar-refractivity contribution < 1.29 is 21.6 Å². The van der Waals surface area contributed by atoms with Crippen LogP contribution in [0, 0.1) is 0 Å². The molecule has 0 saturated carbocycles. The topological polar surface area (TPSA) is 66.6 Å². The van der Waals surface area contributed by atoms with Crippen molar-refractivity contribution in [3.63, 3.8) is 0 Å². The summed E-state index contributed by atoms with van der Waals surface area (Å²) in [5, 5.41) is 0. The number of nitrogens with two attached hydrogens (primary N) is 1. The average molecular weight is 340 g/mol. The minimum Gasteiger partial charge on any atom is -0.329 e. The van der Waals surface area contributed by atoms with Gasteiger partial charge in [0.05, 0.1) is 6.26 Å². The second-order valence-electron chi connectivity index (χ2n) is 4.78. The molecular weight excluding hydrogens is 319 g/mol. The SMILES string of the molecule is CS(=O)(=O)N(CC(F)(F)F)C1CCN(CCN)CC1.Cl. The van der Waals surface area contributed by atoms with Gasteiger partial charge in [0, 0.05) is 19.1 Å². The number of hydrogen-bond acceptors (Lipinski definition) is 4. The number of rotatable bonds is 5. The molecule has 2 N–H and O–H groups in total. The molecule has 0 radical (unpaired) electrons. The Morgan fingerprint density at radius 3 is 2.15 bits per heavy atom. The Bertz CT molecular complexity index is 384. The van der Waals surface area contributed by atoms with Crippen molar-refractivity contribution in [2.75, 3.05) is 39.0 Å². The number of nitrogens with zero attached hydrogens (tertiary/aromatic N) is 2. The van der Waals surface area contributed by atoms with Crippen LogP contribution in [-0.2, 0) is 10.0 Å². The van der Waals surface area contributed by atoms with Gasteiger partial charge in [0.2, 0.25) is 10.0 Å². The van der Waals surface area contributed by atoms with Gasteiger partial charge in [-0.05, 0) is 25.9 Å². The zero-order valence-electron chi connectivity index (χ0n) is 11.3. The lowest BCUT2D eigenvalue weighted by Gasteiger charge is -2.37. The highest BCUT2D eigenvalue weighted by atomic mass is 35.5. The Morgan fingerprint density at radius 1 is 1.30 bits per heavy atom. The van der Waals surface area contributed by atoms with E-state index in [1.807, 2.05) is 4.90 Å². The molecular formula is C10H21ClF3N3O2S. The van der Waals surface area contributed by atoms with E-state index in [9.17, 15) is 21.6 Å². The van der Waals surface area contributed by atoms with Gasteiger partial charge in [-0.15, -0.1) is 12.4 Å². The summed E-state index contributed by atoms with van der Waals surface area (Å²) in [6, 6.07) is -0.578. The van der Waals surface area contributed by atoms with E-state index in [2.05, 4.69) is 0 Å². The lowest BCUT2D eigenvalue weighted by atomic mass is 10.1. The Labute approximate surface area is 123 Å². The van der Waals surface area contributed by atoms with E-state index in [-0.39, 0.29) is 12.4 Å². The maximum Gasteiger partial charge on any atom is 0.402 e. The molecule has 0 aromatic rings. The van der Waals surface area contributed by atoms with Gasteiger partial charge >= 0.3 is 6.18 Å². The van der Waals surface area contributed by atoms with Crippen LogP contribution in [0.5, 0.6) is 0 Å². The van der Waals surface area contributed by atoms with Gasteiger partial charge < -0.3 is 10.6 Å². The summed E-state index contributed by atoms with van der Waals surface area (Å²) < 4.78 is 61.0. The number of sulfonamides is 1. The highest BCUT2D eigenvalue weighted by molar-refractivity contribution is 7.88. The third-order valence-electron chi connectivity index (χ3n) is 3.17. The molecule has 0 aromatic carbocycles. The number of piperidine rings is 1. The second kappa shape index (κ2) is 7.79. The Kier molecular flexibility index (Phi) is 7.75. The first-order chi connectivity index (χ1) is 8.63. The van der Waals surface area contributed by atoms with Crippen LogP contribution in [0.25, 0.3) is 0 Å². The monoisotopic (exact) mass is 339 g/mol. The molecule has 0 bridgehead atoms. The molecule has 0 aromatic heterocycles. The molecule has 1 aliphatic rings. The minimum atomic E-state index is -4.52. The summed E-state index contributed by atoms with van der Waals surface area (Å²) in [7, 11) is -3.86. The maximum atomic E-state index is 12.5. The molecule has 0 aliphatic carbocycles. The van der Waals surface area contributed by atoms with E-state index in [1.165, 1.54) is 0 Å². The first-order valence-electron chi connectivity index (χ1n) is 6.09. The maximum absolute atomic E-state index is 12.5. The van der Waals surface area contributed by atoms with Gasteiger partial charge in [-0.25, -0.2) is 8.42 Å². The highest BCUT2D eigenvalue weighted by Crippen LogP contribution is 2.24. The van der Waals surface area contributed by atoms with Crippen LogP contribution in [-0.4, -0.2) is 68.8 Å². The predicted molar refractivity (Wildman–Crippen MR) is 73.4 cm³/mol. The standard InChI is InChI=1S/C10H20F3N3O2S.ClH/c1-19(17,18)16(8-10(11,12)13)9-2-5-15(6-3-9)7-4-14;/h9H,2-8,14H2,1H3;1H. The second-order valence-corrected chi connectivity index (χ2v) is 6.72. The fraction of sp³-hybridized carbons (Fsp3) is 1.00. The lowest BCUT2D eigenvalue weighted by molar-refractivity contribution is -0.140. The first-order valence-corrected chi connectivity index (χ1v) is 7.94. The zero-order valence-corrected chi connectivity index (χ0v) is 12.9. The van der Waals surface area contributed by atoms with Crippen LogP contribution < -0.4 is 5.73 Å². The first kappa shape index (κ1) is 19.9. The number of halogens is 4. The quantitative estimate of drug-likeness (QED) is 0.799. The van der Waals surface area contributed by atoms with Gasteiger partial charge in [-0.1, -0.05) is 0 Å². The fourth-order valence-electron chi connectivity index (χ4n) is 2.31. The molecule has 0 unspecified atom stereocenters. The lowest BCUT2D eigenvalue weighted by Crippen LogP contribution is -2.50. The molecule has 0 amide bonds. The average Bonchev–Trinajstić information content (AvgIpc) is 2.25.